The van der Waals surface area contributed by atoms with Crippen molar-refractivity contribution < 1.29 is 0 Å². The molecule has 1 aromatic heterocycles. The van der Waals surface area contributed by atoms with E-state index < -0.39 is 0 Å². The van der Waals surface area contributed by atoms with Crippen LogP contribution in [0.3, 0.4) is 0 Å². The Kier molecular flexibility index (Phi) is 3.03. The number of thioether (sulfide) groups is 1. The molecule has 0 fully saturated rings. The Balaban J connectivity index is 2.14. The molecule has 0 bridgehead atoms. The molecule has 2 aromatic rings. The van der Waals surface area contributed by atoms with Gasteiger partial charge in [-0.05, 0) is 17.7 Å². The van der Waals surface area contributed by atoms with Crippen molar-refractivity contribution in [3.8, 4) is 6.07 Å². The number of fused-ring (bicyclic) bond motifs is 1. The first-order chi connectivity index (χ1) is 9.93. The van der Waals surface area contributed by atoms with Crippen LogP contribution < -0.4 is 11.3 Å². The van der Waals surface area contributed by atoms with Crippen molar-refractivity contribution in [3.63, 3.8) is 0 Å². The molecule has 21 heavy (non-hydrogen) atoms. The Labute approximate surface area is 126 Å². The van der Waals surface area contributed by atoms with Gasteiger partial charge in [-0.25, -0.2) is 4.98 Å². The first kappa shape index (κ1) is 13.7. The van der Waals surface area contributed by atoms with Gasteiger partial charge >= 0.3 is 0 Å². The van der Waals surface area contributed by atoms with Gasteiger partial charge in [0.1, 0.15) is 5.03 Å². The van der Waals surface area contributed by atoms with Crippen LogP contribution in [0.2, 0.25) is 0 Å². The van der Waals surface area contributed by atoms with Crippen molar-refractivity contribution in [1.82, 2.24) is 9.97 Å². The van der Waals surface area contributed by atoms with Crippen molar-refractivity contribution in [2.24, 2.45) is 0 Å². The van der Waals surface area contributed by atoms with E-state index in [0.717, 1.165) is 5.56 Å². The third kappa shape index (κ3) is 2.10. The summed E-state index contributed by atoms with van der Waals surface area (Å²) in [5.41, 5.74) is 7.34. The highest BCUT2D eigenvalue weighted by molar-refractivity contribution is 7.99. The highest BCUT2D eigenvalue weighted by Gasteiger charge is 2.44. The molecule has 6 heteroatoms. The lowest BCUT2D eigenvalue weighted by Crippen LogP contribution is -2.29. The van der Waals surface area contributed by atoms with Gasteiger partial charge in [0, 0.05) is 10.7 Å². The largest absolute Gasteiger partial charge is 0.369 e. The molecule has 1 aliphatic heterocycles. The monoisotopic (exact) mass is 298 g/mol. The maximum Gasteiger partial charge on any atom is 0.257 e. The lowest BCUT2D eigenvalue weighted by Gasteiger charge is -2.26. The fraction of sp³-hybridized carbons (Fsp3) is 0.267. The zero-order valence-electron chi connectivity index (χ0n) is 11.7. The molecule has 1 aromatic carbocycles. The Hall–Kier alpha value is -2.26. The molecule has 0 saturated heterocycles. The maximum atomic E-state index is 12.2. The van der Waals surface area contributed by atoms with E-state index in [-0.39, 0.29) is 22.2 Å². The number of rotatable bonds is 1. The number of anilines is 1. The quantitative estimate of drug-likeness (QED) is 0.788. The maximum absolute atomic E-state index is 12.2. The average molecular weight is 298 g/mol. The van der Waals surface area contributed by atoms with Crippen molar-refractivity contribution >= 4 is 17.7 Å². The van der Waals surface area contributed by atoms with Crippen LogP contribution in [0.15, 0.2) is 34.1 Å². The van der Waals surface area contributed by atoms with E-state index in [0.29, 0.717) is 16.2 Å². The molecule has 1 unspecified atom stereocenters. The van der Waals surface area contributed by atoms with Crippen LogP contribution in [-0.2, 0) is 5.41 Å². The average Bonchev–Trinajstić information content (AvgIpc) is 2.70. The number of aromatic nitrogens is 2. The summed E-state index contributed by atoms with van der Waals surface area (Å²) in [6.45, 7) is 4.03. The molecule has 106 valence electrons. The molecule has 3 N–H and O–H groups in total. The Morgan fingerprint density at radius 2 is 2.24 bits per heavy atom. The number of benzene rings is 1. The first-order valence-corrected chi connectivity index (χ1v) is 7.38. The van der Waals surface area contributed by atoms with Crippen molar-refractivity contribution in [2.75, 3.05) is 5.73 Å². The number of hydrogen-bond acceptors (Lipinski definition) is 5. The molecule has 5 nitrogen and oxygen atoms in total. The molecular weight excluding hydrogens is 284 g/mol. The van der Waals surface area contributed by atoms with Gasteiger partial charge < -0.3 is 5.73 Å². The smallest absolute Gasteiger partial charge is 0.257 e. The Bertz CT molecular complexity index is 819. The highest BCUT2D eigenvalue weighted by Crippen LogP contribution is 2.55. The van der Waals surface area contributed by atoms with Gasteiger partial charge in [-0.2, -0.15) is 5.26 Å². The standard InChI is InChI=1S/C15H14N4OS/c1-15(2)10-12(20)18-14(17)19-13(10)21-11(15)9-5-3-4-8(6-9)7-16/h3-6,11H,1-2H3,(H3,17,18,19,20). The van der Waals surface area contributed by atoms with Gasteiger partial charge in [0.05, 0.1) is 17.2 Å². The minimum atomic E-state index is -0.387. The summed E-state index contributed by atoms with van der Waals surface area (Å²) in [5, 5.41) is 9.75. The van der Waals surface area contributed by atoms with Crippen LogP contribution in [0.4, 0.5) is 5.95 Å². The van der Waals surface area contributed by atoms with Gasteiger partial charge in [-0.3, -0.25) is 9.78 Å². The van der Waals surface area contributed by atoms with Crippen molar-refractivity contribution in [2.45, 2.75) is 29.5 Å². The summed E-state index contributed by atoms with van der Waals surface area (Å²) in [6.07, 6.45) is 0. The fourth-order valence-corrected chi connectivity index (χ4v) is 4.31. The number of nitrogens with two attached hydrogens (primary N) is 1. The summed E-state index contributed by atoms with van der Waals surface area (Å²) in [5.74, 6) is 0.133. The molecule has 0 spiro atoms. The minimum Gasteiger partial charge on any atom is -0.369 e. The third-order valence-corrected chi connectivity index (χ3v) is 5.37. The predicted octanol–water partition coefficient (Wildman–Crippen LogP) is 2.35. The van der Waals surface area contributed by atoms with E-state index in [1.165, 1.54) is 11.8 Å². The predicted molar refractivity (Wildman–Crippen MR) is 82.1 cm³/mol. The van der Waals surface area contributed by atoms with Crippen LogP contribution in [0.1, 0.15) is 35.8 Å². The number of hydrogen-bond donors (Lipinski definition) is 2. The highest BCUT2D eigenvalue weighted by atomic mass is 32.2. The summed E-state index contributed by atoms with van der Waals surface area (Å²) in [6, 6.07) is 9.62. The van der Waals surface area contributed by atoms with E-state index in [1.807, 2.05) is 32.0 Å². The van der Waals surface area contributed by atoms with Crippen molar-refractivity contribution in [1.29, 1.82) is 5.26 Å². The third-order valence-electron chi connectivity index (χ3n) is 3.75. The fourth-order valence-electron chi connectivity index (χ4n) is 2.77. The summed E-state index contributed by atoms with van der Waals surface area (Å²) >= 11 is 1.52. The van der Waals surface area contributed by atoms with Crippen LogP contribution in [-0.4, -0.2) is 9.97 Å². The number of nitrogen functional groups attached to an aromatic ring is 1. The lowest BCUT2D eigenvalue weighted by molar-refractivity contribution is 0.508. The van der Waals surface area contributed by atoms with Crippen LogP contribution in [0, 0.1) is 11.3 Å². The molecule has 2 heterocycles. The number of nitrogens with zero attached hydrogens (tertiary/aromatic N) is 2. The van der Waals surface area contributed by atoms with Crippen LogP contribution in [0.5, 0.6) is 0 Å². The topological polar surface area (TPSA) is 95.6 Å². The summed E-state index contributed by atoms with van der Waals surface area (Å²) < 4.78 is 0. The van der Waals surface area contributed by atoms with E-state index in [9.17, 15) is 4.79 Å². The van der Waals surface area contributed by atoms with Crippen LogP contribution in [0.25, 0.3) is 0 Å². The molecule has 0 aliphatic carbocycles. The van der Waals surface area contributed by atoms with E-state index >= 15 is 0 Å². The van der Waals surface area contributed by atoms with Crippen molar-refractivity contribution in [3.05, 3.63) is 51.3 Å². The first-order valence-electron chi connectivity index (χ1n) is 6.50. The zero-order valence-corrected chi connectivity index (χ0v) is 12.5. The normalized spacial score (nSPS) is 19.0. The number of nitriles is 1. The molecular formula is C15H14N4OS. The number of nitrogens with one attached hydrogen (secondary N) is 1. The SMILES string of the molecule is CC1(C)c2c(nc(N)[nH]c2=O)SC1c1cccc(C#N)c1. The molecule has 0 amide bonds. The van der Waals surface area contributed by atoms with Gasteiger partial charge in [-0.1, -0.05) is 37.7 Å². The second-order valence-electron chi connectivity index (χ2n) is 5.59. The second kappa shape index (κ2) is 4.64. The Morgan fingerprint density at radius 1 is 1.48 bits per heavy atom. The van der Waals surface area contributed by atoms with Gasteiger partial charge in [-0.15, -0.1) is 0 Å². The van der Waals surface area contributed by atoms with E-state index in [1.54, 1.807) is 6.07 Å². The molecule has 3 rings (SSSR count). The summed E-state index contributed by atoms with van der Waals surface area (Å²) in [7, 11) is 0. The molecule has 1 atom stereocenters. The van der Waals surface area contributed by atoms with E-state index in [2.05, 4.69) is 16.0 Å². The minimum absolute atomic E-state index is 0.0243. The summed E-state index contributed by atoms with van der Waals surface area (Å²) in [4.78, 5) is 19.0. The zero-order chi connectivity index (χ0) is 15.2. The van der Waals surface area contributed by atoms with Gasteiger partial charge in [0.2, 0.25) is 5.95 Å². The molecule has 1 aliphatic rings. The number of aromatic amines is 1. The van der Waals surface area contributed by atoms with Gasteiger partial charge in [0.15, 0.2) is 0 Å². The molecule has 0 saturated carbocycles. The lowest BCUT2D eigenvalue weighted by atomic mass is 9.80. The Morgan fingerprint density at radius 3 is 2.95 bits per heavy atom. The van der Waals surface area contributed by atoms with Crippen LogP contribution >= 0.6 is 11.8 Å². The molecule has 0 radical (unpaired) electrons. The van der Waals surface area contributed by atoms with E-state index in [4.69, 9.17) is 11.0 Å². The number of H-pyrrole nitrogens is 1. The van der Waals surface area contributed by atoms with Gasteiger partial charge in [0.25, 0.3) is 5.56 Å². The second-order valence-corrected chi connectivity index (χ2v) is 6.68.